The first kappa shape index (κ1) is 25.2. The van der Waals surface area contributed by atoms with Crippen LogP contribution < -0.4 is 10.1 Å². The largest absolute Gasteiger partial charge is 0.493 e. The van der Waals surface area contributed by atoms with Crippen molar-refractivity contribution in [1.82, 2.24) is 10.2 Å². The van der Waals surface area contributed by atoms with E-state index in [0.717, 1.165) is 28.5 Å². The molecule has 9 nitrogen and oxygen atoms in total. The summed E-state index contributed by atoms with van der Waals surface area (Å²) in [5.74, 6) is 0.255. The number of fused-ring (bicyclic) bond motifs is 2. The van der Waals surface area contributed by atoms with Gasteiger partial charge in [-0.1, -0.05) is 32.9 Å². The number of allylic oxidation sites excluding steroid dienone is 1. The van der Waals surface area contributed by atoms with Crippen molar-refractivity contribution in [3.05, 3.63) is 71.1 Å². The highest BCUT2D eigenvalue weighted by molar-refractivity contribution is 5.97. The first-order chi connectivity index (χ1) is 18.1. The van der Waals surface area contributed by atoms with Gasteiger partial charge < -0.3 is 19.6 Å². The van der Waals surface area contributed by atoms with Crippen molar-refractivity contribution in [2.24, 2.45) is 5.92 Å². The molecular weight excluding hydrogens is 484 g/mol. The molecular formula is C29H28N4O5. The first-order valence-electron chi connectivity index (χ1n) is 12.5. The monoisotopic (exact) mass is 512 g/mol. The number of amides is 1. The summed E-state index contributed by atoms with van der Waals surface area (Å²) < 4.78 is 11.9. The molecule has 9 heteroatoms. The van der Waals surface area contributed by atoms with Crippen LogP contribution in [0.4, 0.5) is 5.69 Å². The summed E-state index contributed by atoms with van der Waals surface area (Å²) in [6, 6.07) is 12.9. The highest BCUT2D eigenvalue weighted by Crippen LogP contribution is 2.61. The van der Waals surface area contributed by atoms with Crippen LogP contribution in [0.25, 0.3) is 11.5 Å². The average Bonchev–Trinajstić information content (AvgIpc) is 3.35. The third-order valence-corrected chi connectivity index (χ3v) is 7.12. The zero-order valence-electron chi connectivity index (χ0n) is 21.4. The molecule has 1 amide bonds. The van der Waals surface area contributed by atoms with E-state index in [-0.39, 0.29) is 22.7 Å². The fourth-order valence-electron chi connectivity index (χ4n) is 4.97. The van der Waals surface area contributed by atoms with Gasteiger partial charge in [0.05, 0.1) is 18.2 Å². The maximum absolute atomic E-state index is 13.5. The van der Waals surface area contributed by atoms with Gasteiger partial charge in [-0.3, -0.25) is 4.79 Å². The Balaban J connectivity index is 1.40. The zero-order chi connectivity index (χ0) is 27.1. The number of ether oxygens (including phenoxy) is 1. The van der Waals surface area contributed by atoms with Gasteiger partial charge in [0, 0.05) is 39.6 Å². The van der Waals surface area contributed by atoms with Crippen LogP contribution in [0.5, 0.6) is 5.75 Å². The Hall–Kier alpha value is -4.45. The molecule has 2 atom stereocenters. The molecule has 1 fully saturated rings. The van der Waals surface area contributed by atoms with E-state index in [2.05, 4.69) is 21.6 Å². The summed E-state index contributed by atoms with van der Waals surface area (Å²) in [6.07, 6.45) is 4.25. The zero-order valence-corrected chi connectivity index (χ0v) is 21.4. The van der Waals surface area contributed by atoms with Gasteiger partial charge in [0.1, 0.15) is 5.75 Å². The number of benzene rings is 2. The predicted octanol–water partition coefficient (Wildman–Crippen LogP) is 4.77. The molecule has 0 saturated heterocycles. The molecule has 1 aliphatic heterocycles. The number of nitriles is 1. The molecule has 0 radical (unpaired) electrons. The highest BCUT2D eigenvalue weighted by Gasteiger charge is 2.61. The molecule has 2 heterocycles. The minimum absolute atomic E-state index is 0.144. The van der Waals surface area contributed by atoms with E-state index >= 15 is 0 Å². The second-order valence-corrected chi connectivity index (χ2v) is 10.8. The van der Waals surface area contributed by atoms with Crippen LogP contribution in [-0.4, -0.2) is 33.8 Å². The van der Waals surface area contributed by atoms with Crippen molar-refractivity contribution in [2.45, 2.75) is 50.9 Å². The third-order valence-electron chi connectivity index (χ3n) is 7.12. The molecule has 1 spiro atoms. The standard InChI is InChI=1S/C29H28N4O5/c1-28(2,3)27-33-32-26(38-27)19-9-10-23-20(14-19)29(11-12-37-23)15-21(29)25(36)31-22-13-17(16-30)7-8-18(22)5-4-6-24(34)35/h4,6-10,13-14,21H,5,11-12,15H2,1-3H3,(H,31,36)(H,34,35)/t21-,29-/m0/s1. The number of nitrogens with one attached hydrogen (secondary N) is 1. The van der Waals surface area contributed by atoms with Crippen LogP contribution in [-0.2, 0) is 26.8 Å². The number of aliphatic carboxylic acids is 1. The molecule has 1 saturated carbocycles. The lowest BCUT2D eigenvalue weighted by molar-refractivity contribution is -0.131. The average molecular weight is 513 g/mol. The molecule has 2 N–H and O–H groups in total. The van der Waals surface area contributed by atoms with Crippen molar-refractivity contribution in [1.29, 1.82) is 5.26 Å². The lowest BCUT2D eigenvalue weighted by Crippen LogP contribution is -2.27. The van der Waals surface area contributed by atoms with Crippen LogP contribution in [0.15, 0.2) is 53.0 Å². The molecule has 0 bridgehead atoms. The van der Waals surface area contributed by atoms with E-state index in [1.807, 2.05) is 39.0 Å². The number of aromatic nitrogens is 2. The van der Waals surface area contributed by atoms with Gasteiger partial charge >= 0.3 is 5.97 Å². The smallest absolute Gasteiger partial charge is 0.327 e. The molecule has 1 aromatic heterocycles. The first-order valence-corrected chi connectivity index (χ1v) is 12.5. The Bertz CT molecular complexity index is 1490. The van der Waals surface area contributed by atoms with Crippen LogP contribution in [0.2, 0.25) is 0 Å². The Morgan fingerprint density at radius 3 is 2.76 bits per heavy atom. The second-order valence-electron chi connectivity index (χ2n) is 10.8. The number of carboxylic acids is 1. The van der Waals surface area contributed by atoms with E-state index in [1.165, 1.54) is 6.08 Å². The minimum atomic E-state index is -1.04. The summed E-state index contributed by atoms with van der Waals surface area (Å²) >= 11 is 0. The SMILES string of the molecule is CC(C)(C)c1nnc(-c2ccc3c(c2)[C@]2(CCO3)C[C@H]2C(=O)Nc2cc(C#N)ccc2CC=CC(=O)O)o1. The van der Waals surface area contributed by atoms with Gasteiger partial charge in [0.25, 0.3) is 0 Å². The van der Waals surface area contributed by atoms with Crippen molar-refractivity contribution in [3.8, 4) is 23.3 Å². The number of anilines is 1. The van der Waals surface area contributed by atoms with Gasteiger partial charge in [0.15, 0.2) is 0 Å². The summed E-state index contributed by atoms with van der Waals surface area (Å²) in [4.78, 5) is 24.3. The fraction of sp³-hybridized carbons (Fsp3) is 0.345. The molecule has 3 aromatic rings. The lowest BCUT2D eigenvalue weighted by Gasteiger charge is -2.27. The van der Waals surface area contributed by atoms with Crippen LogP contribution in [0, 0.1) is 17.2 Å². The Labute approximate surface area is 220 Å². The number of carbonyl (C=O) groups is 2. The van der Waals surface area contributed by atoms with Gasteiger partial charge in [-0.05, 0) is 55.2 Å². The van der Waals surface area contributed by atoms with Crippen molar-refractivity contribution >= 4 is 17.6 Å². The van der Waals surface area contributed by atoms with Crippen molar-refractivity contribution in [3.63, 3.8) is 0 Å². The van der Waals surface area contributed by atoms with Gasteiger partial charge in [0.2, 0.25) is 17.7 Å². The molecule has 38 heavy (non-hydrogen) atoms. The van der Waals surface area contributed by atoms with E-state index in [9.17, 15) is 14.9 Å². The molecule has 0 unspecified atom stereocenters. The topological polar surface area (TPSA) is 138 Å². The van der Waals surface area contributed by atoms with Gasteiger partial charge in [-0.2, -0.15) is 5.26 Å². The van der Waals surface area contributed by atoms with E-state index in [0.29, 0.717) is 48.9 Å². The molecule has 2 aliphatic rings. The van der Waals surface area contributed by atoms with Gasteiger partial charge in [-0.25, -0.2) is 4.79 Å². The number of carbonyl (C=O) groups excluding carboxylic acids is 1. The van der Waals surface area contributed by atoms with Gasteiger partial charge in [-0.15, -0.1) is 10.2 Å². The van der Waals surface area contributed by atoms with E-state index in [4.69, 9.17) is 14.3 Å². The predicted molar refractivity (Wildman–Crippen MR) is 139 cm³/mol. The van der Waals surface area contributed by atoms with Crippen molar-refractivity contribution < 1.29 is 23.8 Å². The van der Waals surface area contributed by atoms with E-state index in [1.54, 1.807) is 18.2 Å². The number of nitrogens with zero attached hydrogens (tertiary/aromatic N) is 3. The maximum atomic E-state index is 13.5. The maximum Gasteiger partial charge on any atom is 0.327 e. The lowest BCUT2D eigenvalue weighted by atomic mass is 9.86. The number of hydrogen-bond donors (Lipinski definition) is 2. The van der Waals surface area contributed by atoms with E-state index < -0.39 is 5.97 Å². The molecule has 1 aliphatic carbocycles. The Morgan fingerprint density at radius 1 is 1.24 bits per heavy atom. The molecule has 5 rings (SSSR count). The second kappa shape index (κ2) is 9.45. The third kappa shape index (κ3) is 4.77. The molecule has 194 valence electrons. The normalized spacial score (nSPS) is 20.0. The van der Waals surface area contributed by atoms with Crippen LogP contribution in [0.1, 0.15) is 56.2 Å². The minimum Gasteiger partial charge on any atom is -0.493 e. The number of hydrogen-bond acceptors (Lipinski definition) is 7. The van der Waals surface area contributed by atoms with Crippen LogP contribution >= 0.6 is 0 Å². The summed E-state index contributed by atoms with van der Waals surface area (Å²) in [6.45, 7) is 6.54. The summed E-state index contributed by atoms with van der Waals surface area (Å²) in [5, 5.41) is 29.7. The highest BCUT2D eigenvalue weighted by atomic mass is 16.5. The Morgan fingerprint density at radius 2 is 2.05 bits per heavy atom. The number of carboxylic acid groups (broad SMARTS) is 1. The summed E-state index contributed by atoms with van der Waals surface area (Å²) in [7, 11) is 0. The Kier molecular flexibility index (Phi) is 6.27. The van der Waals surface area contributed by atoms with Crippen LogP contribution in [0.3, 0.4) is 0 Å². The summed E-state index contributed by atoms with van der Waals surface area (Å²) in [5.41, 5.74) is 2.74. The molecule has 2 aromatic carbocycles. The number of rotatable bonds is 6. The van der Waals surface area contributed by atoms with Crippen molar-refractivity contribution in [2.75, 3.05) is 11.9 Å². The fourth-order valence-corrected chi connectivity index (χ4v) is 4.97. The quantitative estimate of drug-likeness (QED) is 0.451.